The first-order chi connectivity index (χ1) is 11.1. The van der Waals surface area contributed by atoms with Crippen molar-refractivity contribution in [2.75, 3.05) is 13.6 Å². The Bertz CT molecular complexity index is 739. The van der Waals surface area contributed by atoms with Crippen molar-refractivity contribution in [3.8, 4) is 0 Å². The lowest BCUT2D eigenvalue weighted by Gasteiger charge is -2.20. The van der Waals surface area contributed by atoms with E-state index in [1.165, 1.54) is 0 Å². The zero-order valence-electron chi connectivity index (χ0n) is 12.8. The Morgan fingerprint density at radius 1 is 1.30 bits per heavy atom. The summed E-state index contributed by atoms with van der Waals surface area (Å²) in [6.07, 6.45) is 0.793. The largest absolute Gasteiger partial charge is 0.354 e. The standard InChI is InChI=1S/C16H17ClN4O2/c1-18-15(22)13-9-14-16(23)20(7-2-8-21(14)19-13)10-11-3-5-12(17)6-4-11/h3-6,9H,2,7-8,10H2,1H3,(H,18,22). The van der Waals surface area contributed by atoms with Crippen molar-refractivity contribution in [1.29, 1.82) is 0 Å². The third kappa shape index (κ3) is 3.22. The van der Waals surface area contributed by atoms with Crippen LogP contribution in [-0.2, 0) is 13.1 Å². The fourth-order valence-corrected chi connectivity index (χ4v) is 2.76. The van der Waals surface area contributed by atoms with Crippen LogP contribution < -0.4 is 5.32 Å². The number of nitrogens with one attached hydrogen (secondary N) is 1. The average Bonchev–Trinajstić information content (AvgIpc) is 2.93. The highest BCUT2D eigenvalue weighted by atomic mass is 35.5. The summed E-state index contributed by atoms with van der Waals surface area (Å²) in [7, 11) is 1.54. The second kappa shape index (κ2) is 6.42. The molecule has 6 nitrogen and oxygen atoms in total. The van der Waals surface area contributed by atoms with Crippen LogP contribution in [0.1, 0.15) is 33.0 Å². The van der Waals surface area contributed by atoms with Gasteiger partial charge in [0.2, 0.25) is 0 Å². The Morgan fingerprint density at radius 3 is 2.74 bits per heavy atom. The van der Waals surface area contributed by atoms with Crippen LogP contribution in [0.3, 0.4) is 0 Å². The van der Waals surface area contributed by atoms with Crippen LogP contribution in [0.15, 0.2) is 30.3 Å². The van der Waals surface area contributed by atoms with E-state index in [0.717, 1.165) is 12.0 Å². The molecule has 1 aliphatic heterocycles. The highest BCUT2D eigenvalue weighted by Crippen LogP contribution is 2.17. The van der Waals surface area contributed by atoms with E-state index in [1.54, 1.807) is 22.7 Å². The number of rotatable bonds is 3. The molecule has 0 radical (unpaired) electrons. The molecule has 0 spiro atoms. The van der Waals surface area contributed by atoms with Crippen molar-refractivity contribution in [3.63, 3.8) is 0 Å². The van der Waals surface area contributed by atoms with E-state index in [0.29, 0.717) is 30.4 Å². The minimum Gasteiger partial charge on any atom is -0.354 e. The molecule has 1 aliphatic rings. The summed E-state index contributed by atoms with van der Waals surface area (Å²) in [5.74, 6) is -0.400. The maximum Gasteiger partial charge on any atom is 0.272 e. The predicted molar refractivity (Wildman–Crippen MR) is 86.4 cm³/mol. The van der Waals surface area contributed by atoms with Crippen molar-refractivity contribution in [2.45, 2.75) is 19.5 Å². The molecule has 0 unspecified atom stereocenters. The molecule has 1 aromatic heterocycles. The smallest absolute Gasteiger partial charge is 0.272 e. The predicted octanol–water partition coefficient (Wildman–Crippen LogP) is 1.94. The maximum atomic E-state index is 12.7. The maximum absolute atomic E-state index is 12.7. The first-order valence-electron chi connectivity index (χ1n) is 7.42. The summed E-state index contributed by atoms with van der Waals surface area (Å²) in [6, 6.07) is 9.00. The van der Waals surface area contributed by atoms with E-state index in [4.69, 9.17) is 11.6 Å². The second-order valence-electron chi connectivity index (χ2n) is 5.42. The Labute approximate surface area is 139 Å². The second-order valence-corrected chi connectivity index (χ2v) is 5.86. The summed E-state index contributed by atoms with van der Waals surface area (Å²) >= 11 is 5.89. The molecule has 0 aliphatic carbocycles. The number of hydrogen-bond donors (Lipinski definition) is 1. The van der Waals surface area contributed by atoms with Gasteiger partial charge in [0.15, 0.2) is 5.69 Å². The van der Waals surface area contributed by atoms with Crippen molar-refractivity contribution < 1.29 is 9.59 Å². The lowest BCUT2D eigenvalue weighted by atomic mass is 10.2. The van der Waals surface area contributed by atoms with Gasteiger partial charge in [0.05, 0.1) is 0 Å². The van der Waals surface area contributed by atoms with Crippen LogP contribution in [0.2, 0.25) is 5.02 Å². The van der Waals surface area contributed by atoms with Gasteiger partial charge in [-0.25, -0.2) is 0 Å². The van der Waals surface area contributed by atoms with Gasteiger partial charge in [0.1, 0.15) is 5.69 Å². The van der Waals surface area contributed by atoms with E-state index in [-0.39, 0.29) is 17.5 Å². The van der Waals surface area contributed by atoms with Gasteiger partial charge < -0.3 is 10.2 Å². The average molecular weight is 333 g/mol. The highest BCUT2D eigenvalue weighted by Gasteiger charge is 2.26. The van der Waals surface area contributed by atoms with Crippen LogP contribution in [0.5, 0.6) is 0 Å². The minimum absolute atomic E-state index is 0.111. The van der Waals surface area contributed by atoms with Crippen molar-refractivity contribution in [3.05, 3.63) is 52.3 Å². The zero-order chi connectivity index (χ0) is 16.4. The van der Waals surface area contributed by atoms with Gasteiger partial charge in [0, 0.05) is 37.8 Å². The molecule has 2 amide bonds. The minimum atomic E-state index is -0.289. The number of halogens is 1. The van der Waals surface area contributed by atoms with Crippen molar-refractivity contribution in [1.82, 2.24) is 20.0 Å². The molecule has 7 heteroatoms. The molecule has 23 heavy (non-hydrogen) atoms. The quantitative estimate of drug-likeness (QED) is 0.934. The molecule has 1 N–H and O–H groups in total. The van der Waals surface area contributed by atoms with Crippen molar-refractivity contribution >= 4 is 23.4 Å². The van der Waals surface area contributed by atoms with Gasteiger partial charge >= 0.3 is 0 Å². The van der Waals surface area contributed by atoms with E-state index < -0.39 is 0 Å². The lowest BCUT2D eigenvalue weighted by molar-refractivity contribution is 0.0745. The van der Waals surface area contributed by atoms with Gasteiger partial charge in [-0.1, -0.05) is 23.7 Å². The SMILES string of the molecule is CNC(=O)c1cc2n(n1)CCCN(Cc1ccc(Cl)cc1)C2=O. The van der Waals surface area contributed by atoms with E-state index in [1.807, 2.05) is 24.3 Å². The lowest BCUT2D eigenvalue weighted by Crippen LogP contribution is -2.30. The van der Waals surface area contributed by atoms with Crippen LogP contribution in [-0.4, -0.2) is 40.1 Å². The number of hydrogen-bond acceptors (Lipinski definition) is 3. The Balaban J connectivity index is 1.84. The van der Waals surface area contributed by atoms with Gasteiger partial charge in [0.25, 0.3) is 11.8 Å². The van der Waals surface area contributed by atoms with Crippen molar-refractivity contribution in [2.24, 2.45) is 0 Å². The van der Waals surface area contributed by atoms with Crippen LogP contribution in [0, 0.1) is 0 Å². The number of nitrogens with zero attached hydrogens (tertiary/aromatic N) is 3. The fourth-order valence-electron chi connectivity index (χ4n) is 2.63. The number of carbonyl (C=O) groups excluding carboxylic acids is 2. The summed E-state index contributed by atoms with van der Waals surface area (Å²) in [5.41, 5.74) is 1.74. The van der Waals surface area contributed by atoms with Gasteiger partial charge in [-0.15, -0.1) is 0 Å². The molecule has 1 aromatic carbocycles. The molecular weight excluding hydrogens is 316 g/mol. The Hall–Kier alpha value is -2.34. The summed E-state index contributed by atoms with van der Waals surface area (Å²) < 4.78 is 1.62. The Morgan fingerprint density at radius 2 is 2.04 bits per heavy atom. The first kappa shape index (κ1) is 15.6. The molecule has 120 valence electrons. The third-order valence-corrected chi connectivity index (χ3v) is 4.08. The molecular formula is C16H17ClN4O2. The highest BCUT2D eigenvalue weighted by molar-refractivity contribution is 6.30. The van der Waals surface area contributed by atoms with E-state index in [9.17, 15) is 9.59 Å². The topological polar surface area (TPSA) is 67.2 Å². The summed E-state index contributed by atoms with van der Waals surface area (Å²) in [6.45, 7) is 1.78. The molecule has 0 saturated heterocycles. The first-order valence-corrected chi connectivity index (χ1v) is 7.80. The summed E-state index contributed by atoms with van der Waals surface area (Å²) in [4.78, 5) is 26.2. The number of fused-ring (bicyclic) bond motifs is 1. The summed E-state index contributed by atoms with van der Waals surface area (Å²) in [5, 5.41) is 7.42. The molecule has 3 rings (SSSR count). The van der Waals surface area contributed by atoms with E-state index >= 15 is 0 Å². The van der Waals surface area contributed by atoms with Crippen LogP contribution >= 0.6 is 11.6 Å². The van der Waals surface area contributed by atoms with Gasteiger partial charge in [-0.3, -0.25) is 14.3 Å². The molecule has 0 fully saturated rings. The van der Waals surface area contributed by atoms with Crippen LogP contribution in [0.25, 0.3) is 0 Å². The number of aryl methyl sites for hydroxylation is 1. The number of carbonyl (C=O) groups is 2. The fraction of sp³-hybridized carbons (Fsp3) is 0.312. The molecule has 0 saturated carbocycles. The monoisotopic (exact) mass is 332 g/mol. The number of aromatic nitrogens is 2. The number of amides is 2. The molecule has 0 bridgehead atoms. The van der Waals surface area contributed by atoms with Gasteiger partial charge in [-0.2, -0.15) is 5.10 Å². The normalized spacial score (nSPS) is 14.3. The zero-order valence-corrected chi connectivity index (χ0v) is 13.5. The van der Waals surface area contributed by atoms with Gasteiger partial charge in [-0.05, 0) is 24.1 Å². The molecule has 2 heterocycles. The van der Waals surface area contributed by atoms with E-state index in [2.05, 4.69) is 10.4 Å². The Kier molecular flexibility index (Phi) is 4.34. The number of benzene rings is 1. The molecule has 2 aromatic rings. The third-order valence-electron chi connectivity index (χ3n) is 3.83. The molecule has 0 atom stereocenters. The van der Waals surface area contributed by atoms with Crippen LogP contribution in [0.4, 0.5) is 0 Å².